The van der Waals surface area contributed by atoms with E-state index in [4.69, 9.17) is 5.11 Å². The number of aliphatic hydroxyl groups is 1. The first-order valence-corrected chi connectivity index (χ1v) is 2.57. The minimum Gasteiger partial charge on any atom is -0.397 e. The molecule has 0 bridgehead atoms. The number of aliphatic hydroxyl groups excluding tert-OH is 1. The van der Waals surface area contributed by atoms with Gasteiger partial charge in [-0.1, -0.05) is 0 Å². The topological polar surface area (TPSA) is 108 Å². The zero-order valence-corrected chi connectivity index (χ0v) is 6.24. The van der Waals surface area contributed by atoms with Gasteiger partial charge in [0, 0.05) is 6.61 Å². The molecule has 6 heteroatoms. The van der Waals surface area contributed by atoms with Gasteiger partial charge in [0.1, 0.15) is 0 Å². The van der Waals surface area contributed by atoms with Crippen molar-refractivity contribution in [1.82, 2.24) is 6.15 Å². The third kappa shape index (κ3) is 59.3. The maximum atomic E-state index is 9.18. The summed E-state index contributed by atoms with van der Waals surface area (Å²) in [5, 5.41) is 15.9. The van der Waals surface area contributed by atoms with Crippen LogP contribution < -0.4 is 6.15 Å². The van der Waals surface area contributed by atoms with E-state index in [9.17, 15) is 10.1 Å². The second kappa shape index (κ2) is 15.7. The molecule has 0 aliphatic heterocycles. The van der Waals surface area contributed by atoms with Crippen molar-refractivity contribution in [1.29, 1.82) is 0 Å². The lowest BCUT2D eigenvalue weighted by Crippen LogP contribution is -1.97. The molecule has 0 heterocycles. The normalized spacial score (nSPS) is 6.30. The highest BCUT2D eigenvalue weighted by atomic mass is 16.9. The fourth-order valence-electron chi connectivity index (χ4n) is 0.105. The minimum absolute atomic E-state index is 0. The molecular weight excluding hydrogens is 140 g/mol. The van der Waals surface area contributed by atoms with Gasteiger partial charge in [0.15, 0.2) is 0 Å². The zero-order valence-electron chi connectivity index (χ0n) is 6.24. The molecule has 0 aliphatic carbocycles. The maximum absolute atomic E-state index is 9.18. The molecule has 0 unspecified atom stereocenters. The summed E-state index contributed by atoms with van der Waals surface area (Å²) in [7, 11) is 0. The van der Waals surface area contributed by atoms with Gasteiger partial charge in [0.05, 0.1) is 6.61 Å². The van der Waals surface area contributed by atoms with Crippen LogP contribution in [0.3, 0.4) is 0 Å². The van der Waals surface area contributed by atoms with Gasteiger partial charge in [-0.3, -0.25) is 0 Å². The number of rotatable bonds is 2. The van der Waals surface area contributed by atoms with Crippen LogP contribution in [0.25, 0.3) is 0 Å². The zero-order chi connectivity index (χ0) is 7.70. The molecule has 0 fully saturated rings. The summed E-state index contributed by atoms with van der Waals surface area (Å²) in [5.41, 5.74) is 0. The van der Waals surface area contributed by atoms with Crippen LogP contribution in [0, 0.1) is 10.1 Å². The maximum Gasteiger partial charge on any atom is 0.294 e. The third-order valence-electron chi connectivity index (χ3n) is 0.235. The van der Waals surface area contributed by atoms with Crippen molar-refractivity contribution in [3.63, 3.8) is 0 Å². The van der Waals surface area contributed by atoms with Crippen LogP contribution in [-0.2, 0) is 4.84 Å². The standard InChI is InChI=1S/C2H5NO3.C2H6O.H3N/c1-2-6-3(4)5;1-2-3;/h2H2,1H3;3H,2H2,1H3;1H3. The predicted molar refractivity (Wildman–Crippen MR) is 36.4 cm³/mol. The van der Waals surface area contributed by atoms with Gasteiger partial charge < -0.3 is 16.1 Å². The highest BCUT2D eigenvalue weighted by molar-refractivity contribution is 3.95. The van der Waals surface area contributed by atoms with E-state index in [1.807, 2.05) is 0 Å². The Balaban J connectivity index is -0.000000107. The Labute approximate surface area is 59.5 Å². The van der Waals surface area contributed by atoms with Crippen molar-refractivity contribution in [2.45, 2.75) is 13.8 Å². The smallest absolute Gasteiger partial charge is 0.294 e. The largest absolute Gasteiger partial charge is 0.397 e. The van der Waals surface area contributed by atoms with Gasteiger partial charge in [-0.15, -0.1) is 10.1 Å². The summed E-state index contributed by atoms with van der Waals surface area (Å²) in [6.07, 6.45) is 0. The predicted octanol–water partition coefficient (Wildman–Crippen LogP) is 0.375. The molecule has 6 nitrogen and oxygen atoms in total. The molecule has 0 aromatic heterocycles. The Morgan fingerprint density at radius 2 is 1.90 bits per heavy atom. The van der Waals surface area contributed by atoms with Crippen molar-refractivity contribution in [2.24, 2.45) is 0 Å². The summed E-state index contributed by atoms with van der Waals surface area (Å²) in [5.74, 6) is 0. The van der Waals surface area contributed by atoms with E-state index >= 15 is 0 Å². The summed E-state index contributed by atoms with van der Waals surface area (Å²) in [6, 6.07) is 0. The van der Waals surface area contributed by atoms with E-state index in [0.29, 0.717) is 0 Å². The summed E-state index contributed by atoms with van der Waals surface area (Å²) in [4.78, 5) is 12.9. The van der Waals surface area contributed by atoms with Crippen LogP contribution in [0.2, 0.25) is 0 Å². The molecule has 4 N–H and O–H groups in total. The van der Waals surface area contributed by atoms with Crippen LogP contribution in [0.1, 0.15) is 13.8 Å². The first kappa shape index (κ1) is 16.1. The van der Waals surface area contributed by atoms with Crippen molar-refractivity contribution >= 4 is 0 Å². The molecule has 0 saturated carbocycles. The molecule has 0 radical (unpaired) electrons. The summed E-state index contributed by atoms with van der Waals surface area (Å²) >= 11 is 0. The van der Waals surface area contributed by atoms with Gasteiger partial charge in [0.25, 0.3) is 5.09 Å². The molecule has 10 heavy (non-hydrogen) atoms. The Morgan fingerprint density at radius 3 is 1.90 bits per heavy atom. The average molecular weight is 154 g/mol. The lowest BCUT2D eigenvalue weighted by Gasteiger charge is -1.83. The van der Waals surface area contributed by atoms with Crippen molar-refractivity contribution < 1.29 is 15.0 Å². The van der Waals surface area contributed by atoms with E-state index in [1.54, 1.807) is 13.8 Å². The molecule has 0 saturated heterocycles. The number of hydrogen-bond acceptors (Lipinski definition) is 5. The van der Waals surface area contributed by atoms with Crippen molar-refractivity contribution in [3.05, 3.63) is 10.1 Å². The van der Waals surface area contributed by atoms with Crippen LogP contribution in [0.5, 0.6) is 0 Å². The van der Waals surface area contributed by atoms with Crippen LogP contribution >= 0.6 is 0 Å². The third-order valence-corrected chi connectivity index (χ3v) is 0.235. The molecule has 0 spiro atoms. The SMILES string of the molecule is CCO.CCO[N+](=O)[O-].N. The second-order valence-corrected chi connectivity index (χ2v) is 0.958. The van der Waals surface area contributed by atoms with Gasteiger partial charge in [-0.05, 0) is 13.8 Å². The van der Waals surface area contributed by atoms with Crippen molar-refractivity contribution in [3.8, 4) is 0 Å². The minimum atomic E-state index is -0.819. The van der Waals surface area contributed by atoms with E-state index in [1.165, 1.54) is 0 Å². The lowest BCUT2D eigenvalue weighted by atomic mass is 10.9. The Hall–Kier alpha value is -0.880. The van der Waals surface area contributed by atoms with Crippen LogP contribution in [0.4, 0.5) is 0 Å². The van der Waals surface area contributed by atoms with E-state index in [0.717, 1.165) is 0 Å². The van der Waals surface area contributed by atoms with Gasteiger partial charge in [-0.2, -0.15) is 0 Å². The summed E-state index contributed by atoms with van der Waals surface area (Å²) in [6.45, 7) is 3.62. The van der Waals surface area contributed by atoms with Crippen LogP contribution in [-0.4, -0.2) is 23.4 Å². The fraction of sp³-hybridized carbons (Fsp3) is 1.00. The van der Waals surface area contributed by atoms with Gasteiger partial charge in [-0.25, -0.2) is 0 Å². The quantitative estimate of drug-likeness (QED) is 0.441. The lowest BCUT2D eigenvalue weighted by molar-refractivity contribution is -0.756. The Bertz CT molecular complexity index is 68.3. The average Bonchev–Trinajstić information content (AvgIpc) is 1.67. The van der Waals surface area contributed by atoms with E-state index < -0.39 is 5.09 Å². The van der Waals surface area contributed by atoms with Crippen LogP contribution in [0.15, 0.2) is 0 Å². The molecule has 0 aliphatic rings. The molecule has 0 atom stereocenters. The van der Waals surface area contributed by atoms with E-state index in [2.05, 4.69) is 4.84 Å². The fourth-order valence-corrected chi connectivity index (χ4v) is 0.105. The number of hydrogen-bond donors (Lipinski definition) is 2. The molecule has 0 amide bonds. The Kier molecular flexibility index (Phi) is 25.2. The second-order valence-electron chi connectivity index (χ2n) is 0.958. The monoisotopic (exact) mass is 154 g/mol. The number of nitrogens with zero attached hydrogens (tertiary/aromatic N) is 1. The highest BCUT2D eigenvalue weighted by Gasteiger charge is 1.83. The molecule has 0 rings (SSSR count). The highest BCUT2D eigenvalue weighted by Crippen LogP contribution is 1.67. The first-order chi connectivity index (χ1) is 4.18. The van der Waals surface area contributed by atoms with Gasteiger partial charge in [0.2, 0.25) is 0 Å². The molecule has 0 aromatic rings. The molecule has 0 aromatic carbocycles. The first-order valence-electron chi connectivity index (χ1n) is 2.57. The van der Waals surface area contributed by atoms with E-state index in [-0.39, 0.29) is 19.4 Å². The molecular formula is C4H14N2O4. The van der Waals surface area contributed by atoms with Gasteiger partial charge >= 0.3 is 0 Å². The summed E-state index contributed by atoms with van der Waals surface area (Å²) < 4.78 is 0. The molecule has 64 valence electrons. The van der Waals surface area contributed by atoms with Crippen molar-refractivity contribution in [2.75, 3.05) is 13.2 Å². The Morgan fingerprint density at radius 1 is 1.60 bits per heavy atom.